The van der Waals surface area contributed by atoms with Crippen molar-refractivity contribution in [1.29, 1.82) is 0 Å². The maximum atomic E-state index is 9.22. The molecule has 2 heteroatoms. The first-order chi connectivity index (χ1) is 5.20. The fraction of sp³-hybridized carbons (Fsp3) is 0.778. The number of nitrogens with zero attached hydrogens (tertiary/aromatic N) is 1. The maximum absolute atomic E-state index is 9.22. The van der Waals surface area contributed by atoms with Gasteiger partial charge in [0, 0.05) is 25.6 Å². The van der Waals surface area contributed by atoms with Gasteiger partial charge in [0.25, 0.3) is 0 Å². The van der Waals surface area contributed by atoms with E-state index in [4.69, 9.17) is 0 Å². The molecule has 0 unspecified atom stereocenters. The van der Waals surface area contributed by atoms with Crippen LogP contribution in [-0.2, 0) is 0 Å². The number of aliphatic hydroxyl groups excluding tert-OH is 1. The minimum atomic E-state index is 0.563. The van der Waals surface area contributed by atoms with Crippen molar-refractivity contribution in [3.05, 3.63) is 11.8 Å². The smallest absolute Gasteiger partial charge is 0.0896 e. The van der Waals surface area contributed by atoms with Crippen LogP contribution in [0.5, 0.6) is 0 Å². The second kappa shape index (κ2) is 3.77. The van der Waals surface area contributed by atoms with Crippen LogP contribution in [-0.4, -0.2) is 29.1 Å². The molecular weight excluding hydrogens is 138 g/mol. The van der Waals surface area contributed by atoms with Crippen LogP contribution in [0.1, 0.15) is 26.7 Å². The van der Waals surface area contributed by atoms with E-state index in [1.165, 1.54) is 0 Å². The molecule has 1 heterocycles. The van der Waals surface area contributed by atoms with Crippen LogP contribution in [0.15, 0.2) is 11.8 Å². The number of rotatable bonds is 1. The van der Waals surface area contributed by atoms with Gasteiger partial charge in [-0.3, -0.25) is 0 Å². The molecule has 0 amide bonds. The average molecular weight is 155 g/mol. The molecule has 1 aliphatic rings. The first-order valence-electron chi connectivity index (χ1n) is 4.32. The van der Waals surface area contributed by atoms with E-state index in [-0.39, 0.29) is 0 Å². The Morgan fingerprint density at radius 2 is 2.18 bits per heavy atom. The van der Waals surface area contributed by atoms with Crippen LogP contribution in [0.4, 0.5) is 0 Å². The summed E-state index contributed by atoms with van der Waals surface area (Å²) in [6, 6.07) is 0.606. The Hall–Kier alpha value is -0.500. The van der Waals surface area contributed by atoms with Gasteiger partial charge in [-0.15, -0.1) is 0 Å². The molecule has 1 N–H and O–H groups in total. The van der Waals surface area contributed by atoms with Crippen LogP contribution < -0.4 is 0 Å². The molecule has 0 radical (unpaired) electrons. The number of hydrogen-bond acceptors (Lipinski definition) is 2. The van der Waals surface area contributed by atoms with Gasteiger partial charge in [0.05, 0.1) is 5.76 Å². The van der Waals surface area contributed by atoms with Gasteiger partial charge in [-0.05, 0) is 26.3 Å². The van der Waals surface area contributed by atoms with Crippen LogP contribution in [0.2, 0.25) is 0 Å². The van der Waals surface area contributed by atoms with Crippen molar-refractivity contribution in [3.63, 3.8) is 0 Å². The molecule has 0 aromatic carbocycles. The lowest BCUT2D eigenvalue weighted by Gasteiger charge is -2.23. The molecule has 64 valence electrons. The Balaban J connectivity index is 2.41. The van der Waals surface area contributed by atoms with Gasteiger partial charge in [-0.2, -0.15) is 0 Å². The van der Waals surface area contributed by atoms with E-state index >= 15 is 0 Å². The SMILES string of the molecule is CC(C)N1CCC=C(O)CC1. The van der Waals surface area contributed by atoms with Crippen LogP contribution >= 0.6 is 0 Å². The summed E-state index contributed by atoms with van der Waals surface area (Å²) in [6.07, 6.45) is 3.74. The summed E-state index contributed by atoms with van der Waals surface area (Å²) < 4.78 is 0. The van der Waals surface area contributed by atoms with Crippen molar-refractivity contribution in [2.75, 3.05) is 13.1 Å². The van der Waals surface area contributed by atoms with Crippen molar-refractivity contribution in [2.45, 2.75) is 32.7 Å². The van der Waals surface area contributed by atoms with E-state index in [0.717, 1.165) is 25.9 Å². The van der Waals surface area contributed by atoms with Crippen LogP contribution in [0, 0.1) is 0 Å². The lowest BCUT2D eigenvalue weighted by atomic mass is 10.3. The minimum absolute atomic E-state index is 0.563. The molecule has 1 aliphatic heterocycles. The molecule has 11 heavy (non-hydrogen) atoms. The third kappa shape index (κ3) is 2.54. The van der Waals surface area contributed by atoms with Gasteiger partial charge in [0.15, 0.2) is 0 Å². The molecule has 0 aromatic heterocycles. The van der Waals surface area contributed by atoms with E-state index < -0.39 is 0 Å². The maximum Gasteiger partial charge on any atom is 0.0896 e. The Bertz CT molecular complexity index is 152. The Labute approximate surface area is 68.5 Å². The molecule has 1 rings (SSSR count). The summed E-state index contributed by atoms with van der Waals surface area (Å²) in [7, 11) is 0. The molecule has 2 nitrogen and oxygen atoms in total. The summed E-state index contributed by atoms with van der Waals surface area (Å²) in [4.78, 5) is 2.39. The van der Waals surface area contributed by atoms with Crippen molar-refractivity contribution >= 4 is 0 Å². The Morgan fingerprint density at radius 3 is 2.82 bits per heavy atom. The van der Waals surface area contributed by atoms with Crippen LogP contribution in [0.25, 0.3) is 0 Å². The molecule has 0 saturated carbocycles. The van der Waals surface area contributed by atoms with E-state index in [1.807, 2.05) is 6.08 Å². The highest BCUT2D eigenvalue weighted by atomic mass is 16.3. The highest BCUT2D eigenvalue weighted by molar-refractivity contribution is 4.95. The Morgan fingerprint density at radius 1 is 1.45 bits per heavy atom. The zero-order valence-electron chi connectivity index (χ0n) is 7.38. The standard InChI is InChI=1S/C9H17NO/c1-8(2)10-6-3-4-9(11)5-7-10/h4,8,11H,3,5-7H2,1-2H3. The van der Waals surface area contributed by atoms with Gasteiger partial charge in [-0.25, -0.2) is 0 Å². The molecule has 0 spiro atoms. The summed E-state index contributed by atoms with van der Waals surface area (Å²) >= 11 is 0. The van der Waals surface area contributed by atoms with Crippen LogP contribution in [0.3, 0.4) is 0 Å². The van der Waals surface area contributed by atoms with Gasteiger partial charge in [-0.1, -0.05) is 0 Å². The first-order valence-corrected chi connectivity index (χ1v) is 4.32. The van der Waals surface area contributed by atoms with Crippen molar-refractivity contribution in [2.24, 2.45) is 0 Å². The summed E-state index contributed by atoms with van der Waals surface area (Å²) in [5.74, 6) is 0.563. The lowest BCUT2D eigenvalue weighted by molar-refractivity contribution is 0.226. The minimum Gasteiger partial charge on any atom is -0.513 e. The van der Waals surface area contributed by atoms with Gasteiger partial charge >= 0.3 is 0 Å². The van der Waals surface area contributed by atoms with E-state index in [2.05, 4.69) is 18.7 Å². The fourth-order valence-corrected chi connectivity index (χ4v) is 1.39. The molecule has 0 fully saturated rings. The van der Waals surface area contributed by atoms with Gasteiger partial charge in [0.2, 0.25) is 0 Å². The topological polar surface area (TPSA) is 23.5 Å². The largest absolute Gasteiger partial charge is 0.513 e. The zero-order chi connectivity index (χ0) is 8.27. The highest BCUT2D eigenvalue weighted by Gasteiger charge is 2.11. The quantitative estimate of drug-likeness (QED) is 0.625. The van der Waals surface area contributed by atoms with Crippen molar-refractivity contribution < 1.29 is 5.11 Å². The average Bonchev–Trinajstić information content (AvgIpc) is 2.13. The Kier molecular flexibility index (Phi) is 2.94. The fourth-order valence-electron chi connectivity index (χ4n) is 1.39. The van der Waals surface area contributed by atoms with Crippen molar-refractivity contribution in [1.82, 2.24) is 4.90 Å². The molecule has 0 saturated heterocycles. The predicted octanol–water partition coefficient (Wildman–Crippen LogP) is 1.93. The van der Waals surface area contributed by atoms with Gasteiger partial charge in [0.1, 0.15) is 0 Å². The normalized spacial score (nSPS) is 21.5. The summed E-state index contributed by atoms with van der Waals surface area (Å²) in [5, 5.41) is 9.22. The molecule has 0 atom stereocenters. The first kappa shape index (κ1) is 8.60. The lowest BCUT2D eigenvalue weighted by Crippen LogP contribution is -2.31. The third-order valence-electron chi connectivity index (χ3n) is 2.18. The second-order valence-corrected chi connectivity index (χ2v) is 3.36. The zero-order valence-corrected chi connectivity index (χ0v) is 7.38. The van der Waals surface area contributed by atoms with Gasteiger partial charge < -0.3 is 10.0 Å². The number of hydrogen-bond donors (Lipinski definition) is 1. The van der Waals surface area contributed by atoms with E-state index in [0.29, 0.717) is 11.8 Å². The molecule has 0 bridgehead atoms. The summed E-state index contributed by atoms with van der Waals surface area (Å²) in [6.45, 7) is 6.48. The predicted molar refractivity (Wildman–Crippen MR) is 46.7 cm³/mol. The molecule has 0 aromatic rings. The summed E-state index contributed by atoms with van der Waals surface area (Å²) in [5.41, 5.74) is 0. The van der Waals surface area contributed by atoms with E-state index in [9.17, 15) is 5.11 Å². The van der Waals surface area contributed by atoms with E-state index in [1.54, 1.807) is 0 Å². The molecule has 0 aliphatic carbocycles. The second-order valence-electron chi connectivity index (χ2n) is 3.36. The number of aliphatic hydroxyl groups is 1. The highest BCUT2D eigenvalue weighted by Crippen LogP contribution is 2.10. The molecular formula is C9H17NO. The third-order valence-corrected chi connectivity index (χ3v) is 2.18. The van der Waals surface area contributed by atoms with Crippen molar-refractivity contribution in [3.8, 4) is 0 Å². The monoisotopic (exact) mass is 155 g/mol.